The Morgan fingerprint density at radius 1 is 1.00 bits per heavy atom. The highest BCUT2D eigenvalue weighted by Crippen LogP contribution is 2.21. The average molecular weight is 492 g/mol. The van der Waals surface area contributed by atoms with E-state index in [9.17, 15) is 18.0 Å². The second kappa shape index (κ2) is 9.71. The molecule has 0 saturated carbocycles. The van der Waals surface area contributed by atoms with E-state index in [2.05, 4.69) is 10.3 Å². The zero-order valence-corrected chi connectivity index (χ0v) is 20.4. The fraction of sp³-hybridized carbons (Fsp3) is 0.192. The number of fused-ring (bicyclic) bond motifs is 1. The van der Waals surface area contributed by atoms with Crippen LogP contribution in [0.2, 0.25) is 0 Å². The number of pyridine rings is 2. The molecule has 35 heavy (non-hydrogen) atoms. The van der Waals surface area contributed by atoms with E-state index in [0.717, 1.165) is 11.1 Å². The van der Waals surface area contributed by atoms with Crippen LogP contribution in [0.5, 0.6) is 5.75 Å². The molecular weight excluding hydrogens is 466 g/mol. The van der Waals surface area contributed by atoms with Crippen molar-refractivity contribution < 1.29 is 17.9 Å². The zero-order valence-electron chi connectivity index (χ0n) is 19.6. The Hall–Kier alpha value is -3.98. The van der Waals surface area contributed by atoms with E-state index in [-0.39, 0.29) is 34.9 Å². The molecule has 8 nitrogen and oxygen atoms in total. The number of hydrogen-bond donors (Lipinski definition) is 1. The van der Waals surface area contributed by atoms with Gasteiger partial charge in [0.25, 0.3) is 0 Å². The molecule has 0 saturated heterocycles. The third-order valence-corrected chi connectivity index (χ3v) is 7.37. The summed E-state index contributed by atoms with van der Waals surface area (Å²) >= 11 is 0. The number of aromatic nitrogens is 2. The number of carbonyl (C=O) groups excluding carboxylic acids is 1. The van der Waals surface area contributed by atoms with Crippen LogP contribution in [0.15, 0.2) is 81.4 Å². The van der Waals surface area contributed by atoms with Crippen molar-refractivity contribution in [2.45, 2.75) is 36.7 Å². The molecule has 4 aromatic rings. The monoisotopic (exact) mass is 491 g/mol. The molecule has 4 rings (SSSR count). The van der Waals surface area contributed by atoms with E-state index in [1.54, 1.807) is 50.4 Å². The number of aryl methyl sites for hydroxylation is 2. The maximum absolute atomic E-state index is 13.3. The Morgan fingerprint density at radius 2 is 1.69 bits per heavy atom. The predicted molar refractivity (Wildman–Crippen MR) is 132 cm³/mol. The molecule has 1 amide bonds. The summed E-state index contributed by atoms with van der Waals surface area (Å²) in [6.07, 6.45) is 1.21. The first-order chi connectivity index (χ1) is 16.7. The highest BCUT2D eigenvalue weighted by Gasteiger charge is 2.24. The fourth-order valence-corrected chi connectivity index (χ4v) is 5.01. The number of benzene rings is 2. The minimum Gasteiger partial charge on any atom is -0.497 e. The Kier molecular flexibility index (Phi) is 6.70. The summed E-state index contributed by atoms with van der Waals surface area (Å²) in [6.45, 7) is 3.68. The zero-order chi connectivity index (χ0) is 25.2. The van der Waals surface area contributed by atoms with Crippen molar-refractivity contribution in [1.82, 2.24) is 14.9 Å². The lowest BCUT2D eigenvalue weighted by atomic mass is 10.2. The molecule has 0 aliphatic carbocycles. The lowest BCUT2D eigenvalue weighted by Gasteiger charge is -2.14. The second-order valence-corrected chi connectivity index (χ2v) is 10.1. The molecule has 0 atom stereocenters. The molecule has 2 aromatic heterocycles. The minimum atomic E-state index is -4.11. The minimum absolute atomic E-state index is 0.00938. The Labute approximate surface area is 203 Å². The lowest BCUT2D eigenvalue weighted by Crippen LogP contribution is -2.29. The highest BCUT2D eigenvalue weighted by atomic mass is 32.2. The normalized spacial score (nSPS) is 11.4. The lowest BCUT2D eigenvalue weighted by molar-refractivity contribution is -0.121. The predicted octanol–water partition coefficient (Wildman–Crippen LogP) is 3.17. The Bertz CT molecular complexity index is 1560. The van der Waals surface area contributed by atoms with Crippen LogP contribution in [-0.4, -0.2) is 31.0 Å². The van der Waals surface area contributed by atoms with E-state index in [0.29, 0.717) is 11.4 Å². The fourth-order valence-electron chi connectivity index (χ4n) is 3.64. The summed E-state index contributed by atoms with van der Waals surface area (Å²) in [5, 5.41) is 2.95. The summed E-state index contributed by atoms with van der Waals surface area (Å²) in [5.41, 5.74) is 2.01. The molecule has 2 aromatic carbocycles. The van der Waals surface area contributed by atoms with Crippen LogP contribution in [0.3, 0.4) is 0 Å². The molecule has 9 heteroatoms. The van der Waals surface area contributed by atoms with Gasteiger partial charge in [-0.1, -0.05) is 29.8 Å². The van der Waals surface area contributed by atoms with Gasteiger partial charge in [0.2, 0.25) is 21.2 Å². The van der Waals surface area contributed by atoms with Gasteiger partial charge in [0, 0.05) is 18.4 Å². The van der Waals surface area contributed by atoms with E-state index in [1.165, 1.54) is 22.9 Å². The van der Waals surface area contributed by atoms with E-state index >= 15 is 0 Å². The molecule has 0 fully saturated rings. The first-order valence-corrected chi connectivity index (χ1v) is 12.4. The van der Waals surface area contributed by atoms with E-state index < -0.39 is 20.2 Å². The standard InChI is InChI=1S/C26H25N3O5S/c1-17-4-11-21(12-5-17)35(32,33)23-15-29(26-22(25(23)31)13-6-18(2)28-26)16-24(30)27-14-19-7-9-20(34-3)10-8-19/h4-13,15H,14,16H2,1-3H3,(H,27,30). The summed E-state index contributed by atoms with van der Waals surface area (Å²) < 4.78 is 33.2. The summed E-state index contributed by atoms with van der Waals surface area (Å²) in [7, 11) is -2.53. The first kappa shape index (κ1) is 24.2. The van der Waals surface area contributed by atoms with Gasteiger partial charge in [0.1, 0.15) is 22.8 Å². The molecule has 0 unspecified atom stereocenters. The molecule has 0 spiro atoms. The smallest absolute Gasteiger partial charge is 0.240 e. The second-order valence-electron chi connectivity index (χ2n) is 8.22. The maximum Gasteiger partial charge on any atom is 0.240 e. The van der Waals surface area contributed by atoms with Crippen molar-refractivity contribution in [2.75, 3.05) is 7.11 Å². The van der Waals surface area contributed by atoms with Crippen LogP contribution < -0.4 is 15.5 Å². The van der Waals surface area contributed by atoms with Crippen molar-refractivity contribution in [1.29, 1.82) is 0 Å². The van der Waals surface area contributed by atoms with Gasteiger partial charge in [0.15, 0.2) is 0 Å². The van der Waals surface area contributed by atoms with Crippen molar-refractivity contribution >= 4 is 26.8 Å². The number of rotatable bonds is 7. The third-order valence-electron chi connectivity index (χ3n) is 5.61. The molecule has 0 aliphatic rings. The van der Waals surface area contributed by atoms with Crippen molar-refractivity contribution in [2.24, 2.45) is 0 Å². The molecule has 2 heterocycles. The number of nitrogens with zero attached hydrogens (tertiary/aromatic N) is 2. The molecule has 0 aliphatic heterocycles. The quantitative estimate of drug-likeness (QED) is 0.426. The molecule has 1 N–H and O–H groups in total. The number of ether oxygens (including phenoxy) is 1. The third kappa shape index (κ3) is 5.09. The summed E-state index contributed by atoms with van der Waals surface area (Å²) in [5.74, 6) is 0.358. The van der Waals surface area contributed by atoms with Crippen molar-refractivity contribution in [3.05, 3.63) is 93.9 Å². The topological polar surface area (TPSA) is 107 Å². The summed E-state index contributed by atoms with van der Waals surface area (Å²) in [6, 6.07) is 16.7. The number of methoxy groups -OCH3 is 1. The first-order valence-electron chi connectivity index (χ1n) is 10.9. The largest absolute Gasteiger partial charge is 0.497 e. The van der Waals surface area contributed by atoms with Crippen LogP contribution in [0.25, 0.3) is 11.0 Å². The van der Waals surface area contributed by atoms with Crippen molar-refractivity contribution in [3.8, 4) is 5.75 Å². The number of sulfone groups is 1. The van der Waals surface area contributed by atoms with E-state index in [1.807, 2.05) is 19.1 Å². The number of hydrogen-bond acceptors (Lipinski definition) is 6. The molecule has 180 valence electrons. The molecular formula is C26H25N3O5S. The maximum atomic E-state index is 13.3. The van der Waals surface area contributed by atoms with Gasteiger partial charge < -0.3 is 14.6 Å². The Morgan fingerprint density at radius 3 is 2.34 bits per heavy atom. The van der Waals surface area contributed by atoms with Crippen LogP contribution >= 0.6 is 0 Å². The van der Waals surface area contributed by atoms with Gasteiger partial charge in [-0.2, -0.15) is 0 Å². The van der Waals surface area contributed by atoms with Gasteiger partial charge in [-0.3, -0.25) is 9.59 Å². The van der Waals surface area contributed by atoms with Crippen LogP contribution in [-0.2, 0) is 27.7 Å². The number of amides is 1. The van der Waals surface area contributed by atoms with Gasteiger partial charge in [0.05, 0.1) is 17.4 Å². The average Bonchev–Trinajstić information content (AvgIpc) is 2.85. The van der Waals surface area contributed by atoms with Crippen LogP contribution in [0, 0.1) is 13.8 Å². The van der Waals surface area contributed by atoms with E-state index in [4.69, 9.17) is 4.74 Å². The summed E-state index contributed by atoms with van der Waals surface area (Å²) in [4.78, 5) is 30.0. The number of nitrogens with one attached hydrogen (secondary N) is 1. The van der Waals surface area contributed by atoms with Gasteiger partial charge in [-0.25, -0.2) is 13.4 Å². The number of carbonyl (C=O) groups is 1. The van der Waals surface area contributed by atoms with Gasteiger partial charge in [-0.15, -0.1) is 0 Å². The van der Waals surface area contributed by atoms with Crippen molar-refractivity contribution in [3.63, 3.8) is 0 Å². The van der Waals surface area contributed by atoms with Crippen LogP contribution in [0.4, 0.5) is 0 Å². The van der Waals surface area contributed by atoms with Crippen LogP contribution in [0.1, 0.15) is 16.8 Å². The molecule has 0 radical (unpaired) electrons. The Balaban J connectivity index is 1.70. The highest BCUT2D eigenvalue weighted by molar-refractivity contribution is 7.91. The van der Waals surface area contributed by atoms with Gasteiger partial charge in [-0.05, 0) is 55.8 Å². The SMILES string of the molecule is COc1ccc(CNC(=O)Cn2cc(S(=O)(=O)c3ccc(C)cc3)c(=O)c3ccc(C)nc32)cc1. The van der Waals surface area contributed by atoms with Gasteiger partial charge >= 0.3 is 0 Å². The molecule has 0 bridgehead atoms.